The van der Waals surface area contributed by atoms with Crippen molar-refractivity contribution in [2.75, 3.05) is 33.5 Å². The van der Waals surface area contributed by atoms with Gasteiger partial charge < -0.3 is 25.2 Å². The Morgan fingerprint density at radius 2 is 2.10 bits per heavy atom. The fourth-order valence-electron chi connectivity index (χ4n) is 1.47. The van der Waals surface area contributed by atoms with E-state index in [1.807, 2.05) is 6.07 Å². The van der Waals surface area contributed by atoms with Crippen molar-refractivity contribution in [3.8, 4) is 0 Å². The van der Waals surface area contributed by atoms with Crippen LogP contribution < -0.4 is 5.73 Å². The molecule has 1 heterocycles. The molecule has 112 valence electrons. The van der Waals surface area contributed by atoms with Gasteiger partial charge in [0.05, 0.1) is 19.8 Å². The first-order valence-corrected chi connectivity index (χ1v) is 6.35. The maximum absolute atomic E-state index is 8.58. The third kappa shape index (κ3) is 6.46. The number of methoxy groups -OCH3 is 1. The molecule has 0 aliphatic carbocycles. The fourth-order valence-corrected chi connectivity index (χ4v) is 1.47. The molecular formula is C13H21N3O4. The molecule has 0 saturated carbocycles. The smallest absolute Gasteiger partial charge is 0.188 e. The molecule has 0 saturated heterocycles. The minimum absolute atomic E-state index is 0.0201. The van der Waals surface area contributed by atoms with Crippen LogP contribution in [0, 0.1) is 0 Å². The molecule has 20 heavy (non-hydrogen) atoms. The highest BCUT2D eigenvalue weighted by molar-refractivity contribution is 5.95. The average molecular weight is 283 g/mol. The highest BCUT2D eigenvalue weighted by Crippen LogP contribution is 2.03. The molecule has 0 aliphatic heterocycles. The molecule has 0 radical (unpaired) electrons. The first kappa shape index (κ1) is 16.4. The van der Waals surface area contributed by atoms with Gasteiger partial charge in [0, 0.05) is 26.5 Å². The van der Waals surface area contributed by atoms with Crippen LogP contribution in [0.3, 0.4) is 0 Å². The van der Waals surface area contributed by atoms with Gasteiger partial charge >= 0.3 is 0 Å². The molecule has 0 fully saturated rings. The van der Waals surface area contributed by atoms with Crippen molar-refractivity contribution in [3.05, 3.63) is 29.6 Å². The fraction of sp³-hybridized carbons (Fsp3) is 0.538. The molecule has 1 aromatic heterocycles. The van der Waals surface area contributed by atoms with Crippen molar-refractivity contribution >= 4 is 5.84 Å². The summed E-state index contributed by atoms with van der Waals surface area (Å²) in [7, 11) is 1.67. The summed E-state index contributed by atoms with van der Waals surface area (Å²) in [6.07, 6.45) is 2.47. The molecular weight excluding hydrogens is 262 g/mol. The second-order valence-corrected chi connectivity index (χ2v) is 4.05. The van der Waals surface area contributed by atoms with Crippen molar-refractivity contribution in [1.82, 2.24) is 4.98 Å². The van der Waals surface area contributed by atoms with Gasteiger partial charge in [-0.25, -0.2) is 0 Å². The lowest BCUT2D eigenvalue weighted by Gasteiger charge is -2.06. The van der Waals surface area contributed by atoms with Crippen molar-refractivity contribution in [2.45, 2.75) is 13.0 Å². The molecule has 0 spiro atoms. The quantitative estimate of drug-likeness (QED) is 0.216. The van der Waals surface area contributed by atoms with Crippen molar-refractivity contribution in [2.24, 2.45) is 10.9 Å². The Kier molecular flexibility index (Phi) is 8.28. The molecule has 0 amide bonds. The standard InChI is InChI=1S/C13H21N3O4/c1-18-5-2-6-19-7-8-20-10-11-3-4-15-12(9-11)13(14)16-17/h3-4,9,17H,2,5-8,10H2,1H3,(H2,14,16). The SMILES string of the molecule is COCCCOCCOCc1ccnc(/C(N)=N/O)c1. The summed E-state index contributed by atoms with van der Waals surface area (Å²) in [6.45, 7) is 2.85. The van der Waals surface area contributed by atoms with E-state index >= 15 is 0 Å². The number of nitrogens with zero attached hydrogens (tertiary/aromatic N) is 2. The number of pyridine rings is 1. The second kappa shape index (κ2) is 10.1. The zero-order valence-electron chi connectivity index (χ0n) is 11.6. The molecule has 7 nitrogen and oxygen atoms in total. The van der Waals surface area contributed by atoms with Gasteiger partial charge in [-0.3, -0.25) is 4.98 Å². The molecule has 0 aromatic carbocycles. The number of aromatic nitrogens is 1. The summed E-state index contributed by atoms with van der Waals surface area (Å²) in [6, 6.07) is 3.53. The molecule has 1 rings (SSSR count). The predicted molar refractivity (Wildman–Crippen MR) is 73.7 cm³/mol. The number of amidine groups is 1. The van der Waals surface area contributed by atoms with E-state index in [-0.39, 0.29) is 5.84 Å². The third-order valence-corrected chi connectivity index (χ3v) is 2.47. The summed E-state index contributed by atoms with van der Waals surface area (Å²) >= 11 is 0. The van der Waals surface area contributed by atoms with Crippen LogP contribution in [0.2, 0.25) is 0 Å². The second-order valence-electron chi connectivity index (χ2n) is 4.05. The molecule has 3 N–H and O–H groups in total. The highest BCUT2D eigenvalue weighted by atomic mass is 16.5. The van der Waals surface area contributed by atoms with E-state index < -0.39 is 0 Å². The van der Waals surface area contributed by atoms with E-state index in [0.717, 1.165) is 12.0 Å². The molecule has 0 unspecified atom stereocenters. The Labute approximate surface area is 118 Å². The monoisotopic (exact) mass is 283 g/mol. The minimum atomic E-state index is -0.0201. The summed E-state index contributed by atoms with van der Waals surface area (Å²) < 4.78 is 15.7. The van der Waals surface area contributed by atoms with E-state index in [4.69, 9.17) is 25.2 Å². The molecule has 1 aromatic rings. The largest absolute Gasteiger partial charge is 0.409 e. The summed E-state index contributed by atoms with van der Waals surface area (Å²) in [5, 5.41) is 11.5. The van der Waals surface area contributed by atoms with Gasteiger partial charge in [-0.1, -0.05) is 5.16 Å². The normalized spacial score (nSPS) is 11.8. The van der Waals surface area contributed by atoms with Crippen LogP contribution in [0.25, 0.3) is 0 Å². The van der Waals surface area contributed by atoms with Crippen molar-refractivity contribution < 1.29 is 19.4 Å². The molecule has 7 heteroatoms. The maximum atomic E-state index is 8.58. The lowest BCUT2D eigenvalue weighted by Crippen LogP contribution is -2.15. The summed E-state index contributed by atoms with van der Waals surface area (Å²) in [5.41, 5.74) is 6.79. The third-order valence-electron chi connectivity index (χ3n) is 2.47. The summed E-state index contributed by atoms with van der Waals surface area (Å²) in [4.78, 5) is 3.99. The maximum Gasteiger partial charge on any atom is 0.188 e. The predicted octanol–water partition coefficient (Wildman–Crippen LogP) is 0.746. The van der Waals surface area contributed by atoms with E-state index in [1.165, 1.54) is 0 Å². The van der Waals surface area contributed by atoms with Gasteiger partial charge in [0.2, 0.25) is 0 Å². The van der Waals surface area contributed by atoms with E-state index in [9.17, 15) is 0 Å². The Bertz CT molecular complexity index is 412. The van der Waals surface area contributed by atoms with Gasteiger partial charge in [-0.15, -0.1) is 0 Å². The van der Waals surface area contributed by atoms with Gasteiger partial charge in [-0.2, -0.15) is 0 Å². The highest BCUT2D eigenvalue weighted by Gasteiger charge is 2.02. The van der Waals surface area contributed by atoms with Gasteiger partial charge in [0.25, 0.3) is 0 Å². The van der Waals surface area contributed by atoms with Crippen LogP contribution in [0.15, 0.2) is 23.5 Å². The zero-order chi connectivity index (χ0) is 14.6. The number of oxime groups is 1. The lowest BCUT2D eigenvalue weighted by molar-refractivity contribution is 0.0336. The van der Waals surface area contributed by atoms with E-state index in [1.54, 1.807) is 19.4 Å². The lowest BCUT2D eigenvalue weighted by atomic mass is 10.2. The number of nitrogens with two attached hydrogens (primary N) is 1. The van der Waals surface area contributed by atoms with Crippen LogP contribution in [-0.2, 0) is 20.8 Å². The number of rotatable bonds is 10. The van der Waals surface area contributed by atoms with Gasteiger partial charge in [0.1, 0.15) is 5.69 Å². The Morgan fingerprint density at radius 1 is 1.30 bits per heavy atom. The van der Waals surface area contributed by atoms with Crippen LogP contribution in [0.5, 0.6) is 0 Å². The Balaban J connectivity index is 2.19. The first-order valence-electron chi connectivity index (χ1n) is 6.35. The molecule has 0 bridgehead atoms. The average Bonchev–Trinajstić information content (AvgIpc) is 2.49. The number of hydrogen-bond acceptors (Lipinski definition) is 6. The Hall–Kier alpha value is -1.70. The van der Waals surface area contributed by atoms with Crippen LogP contribution in [-0.4, -0.2) is 49.6 Å². The van der Waals surface area contributed by atoms with Crippen LogP contribution in [0.1, 0.15) is 17.7 Å². The summed E-state index contributed by atoms with van der Waals surface area (Å²) in [5.74, 6) is -0.0201. The van der Waals surface area contributed by atoms with Gasteiger partial charge in [0.15, 0.2) is 5.84 Å². The molecule has 0 atom stereocenters. The van der Waals surface area contributed by atoms with Crippen LogP contribution >= 0.6 is 0 Å². The first-order chi connectivity index (χ1) is 9.77. The topological polar surface area (TPSA) is 99.2 Å². The van der Waals surface area contributed by atoms with E-state index in [0.29, 0.717) is 38.7 Å². The zero-order valence-corrected chi connectivity index (χ0v) is 11.6. The van der Waals surface area contributed by atoms with Crippen molar-refractivity contribution in [1.29, 1.82) is 0 Å². The van der Waals surface area contributed by atoms with E-state index in [2.05, 4.69) is 10.1 Å². The Morgan fingerprint density at radius 3 is 2.85 bits per heavy atom. The van der Waals surface area contributed by atoms with Gasteiger partial charge in [-0.05, 0) is 24.1 Å². The molecule has 0 aliphatic rings. The van der Waals surface area contributed by atoms with Crippen molar-refractivity contribution in [3.63, 3.8) is 0 Å². The van der Waals surface area contributed by atoms with Crippen LogP contribution in [0.4, 0.5) is 0 Å². The number of hydrogen-bond donors (Lipinski definition) is 2. The number of ether oxygens (including phenoxy) is 3. The minimum Gasteiger partial charge on any atom is -0.409 e.